The predicted octanol–water partition coefficient (Wildman–Crippen LogP) is 5.81. The molecule has 0 aliphatic carbocycles. The van der Waals surface area contributed by atoms with Gasteiger partial charge in [0, 0.05) is 16.9 Å². The lowest BCUT2D eigenvalue weighted by Gasteiger charge is -2.27. The minimum absolute atomic E-state index is 0.0766. The van der Waals surface area contributed by atoms with Gasteiger partial charge in [0.15, 0.2) is 0 Å². The normalized spacial score (nSPS) is 15.9. The Morgan fingerprint density at radius 1 is 1.10 bits per heavy atom. The van der Waals surface area contributed by atoms with E-state index < -0.39 is 5.82 Å². The van der Waals surface area contributed by atoms with Crippen molar-refractivity contribution < 1.29 is 14.0 Å². The Bertz CT molecular complexity index is 1120. The molecule has 1 N–H and O–H groups in total. The summed E-state index contributed by atoms with van der Waals surface area (Å²) in [6.45, 7) is 2.12. The van der Waals surface area contributed by atoms with Gasteiger partial charge < -0.3 is 5.32 Å². The Labute approximate surface area is 185 Å². The molecule has 2 amide bonds. The first-order valence-corrected chi connectivity index (χ1v) is 11.3. The number of hydrogen-bond acceptors (Lipinski definition) is 3. The van der Waals surface area contributed by atoms with Crippen LogP contribution in [0, 0.1) is 5.82 Å². The maximum absolute atomic E-state index is 13.4. The number of halogens is 1. The van der Waals surface area contributed by atoms with E-state index in [4.69, 9.17) is 0 Å². The molecule has 31 heavy (non-hydrogen) atoms. The molecule has 3 aromatic carbocycles. The lowest BCUT2D eigenvalue weighted by atomic mass is 10.1. The average Bonchev–Trinajstić information content (AvgIpc) is 3.16. The van der Waals surface area contributed by atoms with E-state index in [1.54, 1.807) is 23.9 Å². The van der Waals surface area contributed by atoms with Gasteiger partial charge in [0.1, 0.15) is 11.2 Å². The molecule has 4 nitrogen and oxygen atoms in total. The molecule has 0 aromatic heterocycles. The van der Waals surface area contributed by atoms with Crippen molar-refractivity contribution in [2.75, 3.05) is 16.0 Å². The van der Waals surface area contributed by atoms with E-state index in [0.717, 1.165) is 29.7 Å². The second-order valence-electron chi connectivity index (χ2n) is 7.40. The monoisotopic (exact) mass is 434 g/mol. The predicted molar refractivity (Wildman–Crippen MR) is 124 cm³/mol. The zero-order valence-corrected chi connectivity index (χ0v) is 18.0. The molecule has 1 saturated heterocycles. The van der Waals surface area contributed by atoms with Gasteiger partial charge in [-0.05, 0) is 53.9 Å². The maximum atomic E-state index is 13.4. The van der Waals surface area contributed by atoms with Crippen LogP contribution in [0.2, 0.25) is 0 Å². The van der Waals surface area contributed by atoms with Crippen molar-refractivity contribution in [3.05, 3.63) is 95.3 Å². The third kappa shape index (κ3) is 4.64. The third-order valence-electron chi connectivity index (χ3n) is 5.15. The van der Waals surface area contributed by atoms with Crippen LogP contribution in [0.25, 0.3) is 0 Å². The first-order chi connectivity index (χ1) is 15.1. The summed E-state index contributed by atoms with van der Waals surface area (Å²) in [6, 6.07) is 21.1. The summed E-state index contributed by atoms with van der Waals surface area (Å²) >= 11 is 1.57. The second-order valence-corrected chi connectivity index (χ2v) is 8.46. The van der Waals surface area contributed by atoms with Crippen LogP contribution in [0.5, 0.6) is 0 Å². The molecule has 3 aromatic rings. The number of thioether (sulfide) groups is 1. The molecule has 1 heterocycles. The molecule has 0 unspecified atom stereocenters. The van der Waals surface area contributed by atoms with Gasteiger partial charge in [-0.1, -0.05) is 49.7 Å². The van der Waals surface area contributed by atoms with Crippen LogP contribution in [0.3, 0.4) is 0 Å². The molecule has 4 rings (SSSR count). The number of benzene rings is 3. The fourth-order valence-electron chi connectivity index (χ4n) is 3.76. The molecule has 0 radical (unpaired) electrons. The summed E-state index contributed by atoms with van der Waals surface area (Å²) in [7, 11) is 0. The van der Waals surface area contributed by atoms with Gasteiger partial charge in [0.2, 0.25) is 5.91 Å². The first kappa shape index (κ1) is 21.1. The Morgan fingerprint density at radius 2 is 1.90 bits per heavy atom. The zero-order valence-electron chi connectivity index (χ0n) is 17.2. The fraction of sp³-hybridized carbons (Fsp3) is 0.200. The Balaban J connectivity index is 1.61. The van der Waals surface area contributed by atoms with Gasteiger partial charge in [0.05, 0.1) is 5.75 Å². The van der Waals surface area contributed by atoms with Gasteiger partial charge >= 0.3 is 0 Å². The highest BCUT2D eigenvalue weighted by molar-refractivity contribution is 8.00. The average molecular weight is 435 g/mol. The van der Waals surface area contributed by atoms with Gasteiger partial charge in [-0.2, -0.15) is 0 Å². The molecule has 1 aliphatic rings. The fourth-order valence-corrected chi connectivity index (χ4v) is 4.92. The smallest absolute Gasteiger partial charge is 0.255 e. The molecule has 0 spiro atoms. The lowest BCUT2D eigenvalue weighted by molar-refractivity contribution is -0.115. The SMILES string of the molecule is CCCc1ccccc1N1C(=O)CS[C@H]1c1cccc(NC(=O)c2cccc(F)c2)c1. The van der Waals surface area contributed by atoms with Crippen LogP contribution in [0.4, 0.5) is 15.8 Å². The van der Waals surface area contributed by atoms with E-state index in [9.17, 15) is 14.0 Å². The number of hydrogen-bond donors (Lipinski definition) is 1. The van der Waals surface area contributed by atoms with Crippen LogP contribution in [-0.2, 0) is 11.2 Å². The summed E-state index contributed by atoms with van der Waals surface area (Å²) in [4.78, 5) is 27.2. The number of carbonyl (C=O) groups excluding carboxylic acids is 2. The molecule has 1 fully saturated rings. The van der Waals surface area contributed by atoms with E-state index >= 15 is 0 Å². The Morgan fingerprint density at radius 3 is 2.71 bits per heavy atom. The number of anilines is 2. The largest absolute Gasteiger partial charge is 0.322 e. The number of amides is 2. The molecule has 1 atom stereocenters. The quantitative estimate of drug-likeness (QED) is 0.533. The summed E-state index contributed by atoms with van der Waals surface area (Å²) < 4.78 is 13.4. The third-order valence-corrected chi connectivity index (χ3v) is 6.37. The molecule has 0 saturated carbocycles. The molecule has 158 valence electrons. The topological polar surface area (TPSA) is 49.4 Å². The highest BCUT2D eigenvalue weighted by atomic mass is 32.2. The van der Waals surface area contributed by atoms with E-state index in [2.05, 4.69) is 18.3 Å². The van der Waals surface area contributed by atoms with Crippen molar-refractivity contribution in [3.63, 3.8) is 0 Å². The minimum Gasteiger partial charge on any atom is -0.322 e. The van der Waals surface area contributed by atoms with Gasteiger partial charge in [0.25, 0.3) is 5.91 Å². The number of nitrogens with zero attached hydrogens (tertiary/aromatic N) is 1. The minimum atomic E-state index is -0.455. The van der Waals surface area contributed by atoms with Crippen molar-refractivity contribution in [2.45, 2.75) is 25.1 Å². The van der Waals surface area contributed by atoms with E-state index in [1.807, 2.05) is 41.3 Å². The van der Waals surface area contributed by atoms with Gasteiger partial charge in [-0.3, -0.25) is 14.5 Å². The van der Waals surface area contributed by atoms with E-state index in [0.29, 0.717) is 11.4 Å². The summed E-state index contributed by atoms with van der Waals surface area (Å²) in [6.07, 6.45) is 1.90. The lowest BCUT2D eigenvalue weighted by Crippen LogP contribution is -2.28. The van der Waals surface area contributed by atoms with Crippen LogP contribution < -0.4 is 10.2 Å². The molecule has 0 bridgehead atoms. The molecule has 1 aliphatic heterocycles. The Hall–Kier alpha value is -3.12. The summed E-state index contributed by atoms with van der Waals surface area (Å²) in [5, 5.41) is 2.66. The number of aryl methyl sites for hydroxylation is 1. The summed E-state index contributed by atoms with van der Waals surface area (Å²) in [5.74, 6) is -0.348. The van der Waals surface area contributed by atoms with Crippen molar-refractivity contribution in [1.82, 2.24) is 0 Å². The van der Waals surface area contributed by atoms with Crippen molar-refractivity contribution >= 4 is 35.0 Å². The van der Waals surface area contributed by atoms with Crippen molar-refractivity contribution in [2.24, 2.45) is 0 Å². The van der Waals surface area contributed by atoms with E-state index in [1.165, 1.54) is 18.2 Å². The van der Waals surface area contributed by atoms with E-state index in [-0.39, 0.29) is 22.8 Å². The first-order valence-electron chi connectivity index (χ1n) is 10.2. The highest BCUT2D eigenvalue weighted by Crippen LogP contribution is 2.43. The summed E-state index contributed by atoms with van der Waals surface area (Å²) in [5.41, 5.74) is 3.89. The van der Waals surface area contributed by atoms with Crippen molar-refractivity contribution in [3.8, 4) is 0 Å². The number of rotatable bonds is 6. The van der Waals surface area contributed by atoms with Crippen LogP contribution in [0.1, 0.15) is 40.2 Å². The number of carbonyl (C=O) groups is 2. The molecular weight excluding hydrogens is 411 g/mol. The highest BCUT2D eigenvalue weighted by Gasteiger charge is 2.35. The molecular formula is C25H23FN2O2S. The maximum Gasteiger partial charge on any atom is 0.255 e. The van der Waals surface area contributed by atoms with Crippen LogP contribution >= 0.6 is 11.8 Å². The number of nitrogens with one attached hydrogen (secondary N) is 1. The number of para-hydroxylation sites is 1. The van der Waals surface area contributed by atoms with Crippen LogP contribution in [-0.4, -0.2) is 17.6 Å². The standard InChI is InChI=1S/C25H23FN2O2S/c1-2-7-17-8-3-4-13-22(17)28-23(29)16-31-25(28)19-10-6-12-21(15-19)27-24(30)18-9-5-11-20(26)14-18/h3-6,8-15,25H,2,7,16H2,1H3,(H,27,30)/t25-/m0/s1. The van der Waals surface area contributed by atoms with Crippen molar-refractivity contribution in [1.29, 1.82) is 0 Å². The molecule has 6 heteroatoms. The van der Waals surface area contributed by atoms with Gasteiger partial charge in [-0.15, -0.1) is 11.8 Å². The van der Waals surface area contributed by atoms with Crippen LogP contribution in [0.15, 0.2) is 72.8 Å². The Kier molecular flexibility index (Phi) is 6.37. The second kappa shape index (κ2) is 9.35. The van der Waals surface area contributed by atoms with Gasteiger partial charge in [-0.25, -0.2) is 4.39 Å². The zero-order chi connectivity index (χ0) is 21.8.